The molecule has 41 heavy (non-hydrogen) atoms. The second-order valence-electron chi connectivity index (χ2n) is 10.1. The predicted molar refractivity (Wildman–Crippen MR) is 159 cm³/mol. The van der Waals surface area contributed by atoms with Gasteiger partial charge in [0.05, 0.1) is 49.6 Å². The van der Waals surface area contributed by atoms with Crippen molar-refractivity contribution in [2.75, 3.05) is 19.5 Å². The first-order chi connectivity index (χ1) is 20.0. The van der Waals surface area contributed by atoms with E-state index in [2.05, 4.69) is 66.3 Å². The third kappa shape index (κ3) is 4.71. The quantitative estimate of drug-likeness (QED) is 0.257. The highest BCUT2D eigenvalue weighted by molar-refractivity contribution is 5.92. The summed E-state index contributed by atoms with van der Waals surface area (Å²) in [5.41, 5.74) is 6.59. The van der Waals surface area contributed by atoms with E-state index in [0.717, 1.165) is 46.0 Å². The van der Waals surface area contributed by atoms with E-state index >= 15 is 0 Å². The molecule has 0 spiro atoms. The van der Waals surface area contributed by atoms with Crippen LogP contribution in [-0.2, 0) is 13.0 Å². The van der Waals surface area contributed by atoms with Gasteiger partial charge in [-0.3, -0.25) is 0 Å². The van der Waals surface area contributed by atoms with Gasteiger partial charge >= 0.3 is 6.03 Å². The normalized spacial score (nSPS) is 14.1. The Morgan fingerprint density at radius 2 is 1.80 bits per heavy atom. The third-order valence-corrected chi connectivity index (χ3v) is 7.57. The molecule has 3 heterocycles. The van der Waals surface area contributed by atoms with Gasteiger partial charge in [-0.15, -0.1) is 0 Å². The first-order valence-corrected chi connectivity index (χ1v) is 13.7. The number of hydrogen-bond acceptors (Lipinski definition) is 4. The second kappa shape index (κ2) is 10.9. The van der Waals surface area contributed by atoms with E-state index in [1.54, 1.807) is 32.4 Å². The fourth-order valence-electron chi connectivity index (χ4n) is 5.64. The molecule has 0 fully saturated rings. The number of rotatable bonds is 6. The largest absolute Gasteiger partial charge is 0.497 e. The van der Waals surface area contributed by atoms with Crippen molar-refractivity contribution in [1.29, 1.82) is 0 Å². The highest BCUT2D eigenvalue weighted by Gasteiger charge is 2.36. The molecular weight excluding hydrogens is 514 g/mol. The molecule has 0 aliphatic carbocycles. The topological polar surface area (TPSA) is 73.6 Å². The zero-order valence-corrected chi connectivity index (χ0v) is 23.7. The summed E-state index contributed by atoms with van der Waals surface area (Å²) in [7, 11) is 3.19. The maximum absolute atomic E-state index is 14.4. The Labute approximate surface area is 239 Å². The summed E-state index contributed by atoms with van der Waals surface area (Å²) in [5, 5.41) is 8.16. The first kappa shape index (κ1) is 26.3. The molecule has 6 rings (SSSR count). The number of ether oxygens (including phenoxy) is 2. The van der Waals surface area contributed by atoms with Crippen LogP contribution in [0.15, 0.2) is 91.1 Å². The number of nitrogens with zero attached hydrogens (tertiary/aromatic N) is 4. The highest BCUT2D eigenvalue weighted by atomic mass is 16.5. The Hall–Kier alpha value is -4.98. The van der Waals surface area contributed by atoms with Crippen LogP contribution in [0.4, 0.5) is 10.5 Å². The molecule has 1 N–H and O–H groups in total. The minimum Gasteiger partial charge on any atom is -0.497 e. The Morgan fingerprint density at radius 3 is 2.54 bits per heavy atom. The minimum absolute atomic E-state index is 0.252. The molecule has 2 amide bonds. The summed E-state index contributed by atoms with van der Waals surface area (Å²) in [4.78, 5) is 16.2. The molecule has 1 aliphatic rings. The summed E-state index contributed by atoms with van der Waals surface area (Å²) >= 11 is 0. The zero-order chi connectivity index (χ0) is 28.5. The second-order valence-corrected chi connectivity index (χ2v) is 10.1. The molecule has 208 valence electrons. The van der Waals surface area contributed by atoms with Crippen LogP contribution in [-0.4, -0.2) is 39.5 Å². The van der Waals surface area contributed by atoms with Crippen LogP contribution in [0.25, 0.3) is 11.5 Å². The van der Waals surface area contributed by atoms with Crippen molar-refractivity contribution in [1.82, 2.24) is 19.2 Å². The van der Waals surface area contributed by atoms with Gasteiger partial charge < -0.3 is 24.3 Å². The molecule has 8 nitrogen and oxygen atoms in total. The SMILES string of the molecule is CCc1nn(-c2ccccc2)c2c1CN(C(=O)Nc1cc(OC)ccc1OC)[C@@H](c1cccc(C)c1)c1cccn1-2. The molecule has 3 aromatic carbocycles. The van der Waals surface area contributed by atoms with Crippen LogP contribution in [0.3, 0.4) is 0 Å². The summed E-state index contributed by atoms with van der Waals surface area (Å²) in [5.74, 6) is 2.12. The van der Waals surface area contributed by atoms with Crippen LogP contribution >= 0.6 is 0 Å². The van der Waals surface area contributed by atoms with E-state index in [1.165, 1.54) is 0 Å². The predicted octanol–water partition coefficient (Wildman–Crippen LogP) is 6.69. The van der Waals surface area contributed by atoms with Crippen molar-refractivity contribution in [2.24, 2.45) is 0 Å². The molecule has 0 unspecified atom stereocenters. The lowest BCUT2D eigenvalue weighted by Crippen LogP contribution is -2.38. The van der Waals surface area contributed by atoms with Gasteiger partial charge in [0.25, 0.3) is 0 Å². The van der Waals surface area contributed by atoms with Gasteiger partial charge in [0.15, 0.2) is 0 Å². The average Bonchev–Trinajstić information content (AvgIpc) is 3.58. The lowest BCUT2D eigenvalue weighted by atomic mass is 10.00. The molecule has 1 atom stereocenters. The van der Waals surface area contributed by atoms with Gasteiger partial charge in [0.1, 0.15) is 17.3 Å². The van der Waals surface area contributed by atoms with Gasteiger partial charge in [-0.25, -0.2) is 9.48 Å². The van der Waals surface area contributed by atoms with E-state index in [4.69, 9.17) is 14.6 Å². The van der Waals surface area contributed by atoms with Crippen molar-refractivity contribution in [2.45, 2.75) is 32.9 Å². The van der Waals surface area contributed by atoms with E-state index in [9.17, 15) is 4.79 Å². The molecule has 0 radical (unpaired) electrons. The molecule has 0 saturated heterocycles. The average molecular weight is 548 g/mol. The number of anilines is 1. The lowest BCUT2D eigenvalue weighted by molar-refractivity contribution is 0.194. The van der Waals surface area contributed by atoms with Crippen LogP contribution in [0.2, 0.25) is 0 Å². The minimum atomic E-state index is -0.358. The summed E-state index contributed by atoms with van der Waals surface area (Å²) in [6.07, 6.45) is 2.79. The van der Waals surface area contributed by atoms with Crippen LogP contribution in [0.1, 0.15) is 41.0 Å². The fraction of sp³-hybridized carbons (Fsp3) is 0.212. The molecule has 8 heteroatoms. The van der Waals surface area contributed by atoms with Crippen molar-refractivity contribution < 1.29 is 14.3 Å². The van der Waals surface area contributed by atoms with Crippen LogP contribution in [0.5, 0.6) is 11.5 Å². The number of amides is 2. The maximum Gasteiger partial charge on any atom is 0.323 e. The van der Waals surface area contributed by atoms with Crippen LogP contribution in [0, 0.1) is 6.92 Å². The number of aromatic nitrogens is 3. The van der Waals surface area contributed by atoms with E-state index in [0.29, 0.717) is 23.7 Å². The smallest absolute Gasteiger partial charge is 0.323 e. The number of urea groups is 1. The summed E-state index contributed by atoms with van der Waals surface area (Å²) in [6.45, 7) is 4.54. The van der Waals surface area contributed by atoms with Gasteiger partial charge in [-0.1, -0.05) is 55.0 Å². The van der Waals surface area contributed by atoms with Crippen LogP contribution < -0.4 is 14.8 Å². The van der Waals surface area contributed by atoms with Crippen molar-refractivity contribution >= 4 is 11.7 Å². The number of aryl methyl sites for hydroxylation is 2. The van der Waals surface area contributed by atoms with Crippen molar-refractivity contribution in [3.05, 3.63) is 119 Å². The Bertz CT molecular complexity index is 1710. The monoisotopic (exact) mass is 547 g/mol. The molecular formula is C33H33N5O3. The third-order valence-electron chi connectivity index (χ3n) is 7.57. The molecule has 1 aliphatic heterocycles. The number of carbonyl (C=O) groups is 1. The number of methoxy groups -OCH3 is 2. The van der Waals surface area contributed by atoms with E-state index in [1.807, 2.05) is 39.9 Å². The van der Waals surface area contributed by atoms with Gasteiger partial charge in [-0.2, -0.15) is 5.10 Å². The number of benzene rings is 3. The fourth-order valence-corrected chi connectivity index (χ4v) is 5.64. The van der Waals surface area contributed by atoms with Crippen molar-refractivity contribution in [3.63, 3.8) is 0 Å². The number of hydrogen-bond donors (Lipinski definition) is 1. The Morgan fingerprint density at radius 1 is 0.976 bits per heavy atom. The maximum atomic E-state index is 14.4. The molecule has 2 aromatic heterocycles. The lowest BCUT2D eigenvalue weighted by Gasteiger charge is -2.31. The number of nitrogens with one attached hydrogen (secondary N) is 1. The van der Waals surface area contributed by atoms with Gasteiger partial charge in [0, 0.05) is 17.8 Å². The summed E-state index contributed by atoms with van der Waals surface area (Å²) < 4.78 is 15.2. The van der Waals surface area contributed by atoms with E-state index in [-0.39, 0.29) is 12.1 Å². The van der Waals surface area contributed by atoms with Gasteiger partial charge in [-0.05, 0) is 55.3 Å². The Kier molecular flexibility index (Phi) is 6.97. The van der Waals surface area contributed by atoms with Gasteiger partial charge in [0.2, 0.25) is 0 Å². The first-order valence-electron chi connectivity index (χ1n) is 13.7. The number of fused-ring (bicyclic) bond motifs is 3. The standard InChI is InChI=1S/C33H33N5O3/c1-5-27-26-21-37(33(39)34-28-20-25(40-3)16-17-30(28)41-4)31(23-12-9-11-22(2)19-23)29-15-10-18-36(29)32(26)38(35-27)24-13-7-6-8-14-24/h6-20,31H,5,21H2,1-4H3,(H,34,39)/t31-/m0/s1. The van der Waals surface area contributed by atoms with Crippen molar-refractivity contribution in [3.8, 4) is 23.0 Å². The number of carbonyl (C=O) groups excluding carboxylic acids is 1. The molecule has 0 bridgehead atoms. The molecule has 0 saturated carbocycles. The Balaban J connectivity index is 1.54. The van der Waals surface area contributed by atoms with E-state index < -0.39 is 0 Å². The highest BCUT2D eigenvalue weighted by Crippen LogP contribution is 2.40. The molecule has 5 aromatic rings. The summed E-state index contributed by atoms with van der Waals surface area (Å²) in [6, 6.07) is 27.4. The number of para-hydroxylation sites is 1. The zero-order valence-electron chi connectivity index (χ0n) is 23.7.